The van der Waals surface area contributed by atoms with Gasteiger partial charge in [0.25, 0.3) is 0 Å². The van der Waals surface area contributed by atoms with Crippen molar-refractivity contribution in [2.75, 3.05) is 0 Å². The van der Waals surface area contributed by atoms with Crippen molar-refractivity contribution in [2.45, 2.75) is 19.5 Å². The Labute approximate surface area is 342 Å². The molecule has 0 saturated carbocycles. The molecule has 60 heavy (non-hydrogen) atoms. The summed E-state index contributed by atoms with van der Waals surface area (Å²) < 4.78 is 9.09. The molecule has 0 saturated heterocycles. The molecule has 1 aliphatic rings. The fourth-order valence-electron chi connectivity index (χ4n) is 9.30. The van der Waals surface area contributed by atoms with Gasteiger partial charge >= 0.3 is 0 Å². The van der Waals surface area contributed by atoms with Crippen LogP contribution in [0.1, 0.15) is 28.7 Å². The van der Waals surface area contributed by atoms with E-state index in [9.17, 15) is 25.5 Å². The van der Waals surface area contributed by atoms with Gasteiger partial charge in [-0.25, -0.2) is 0 Å². The van der Waals surface area contributed by atoms with E-state index in [0.29, 0.717) is 22.5 Å². The van der Waals surface area contributed by atoms with E-state index in [2.05, 4.69) is 77.0 Å². The average molecular weight is 786 g/mol. The number of hydrogen-bond acceptors (Lipinski definition) is 8. The third-order valence-corrected chi connectivity index (χ3v) is 12.0. The van der Waals surface area contributed by atoms with Crippen LogP contribution in [0.25, 0.3) is 82.5 Å². The number of hydrogen-bond donors (Lipinski definition) is 5. The predicted molar refractivity (Wildman–Crippen MR) is 241 cm³/mol. The van der Waals surface area contributed by atoms with Crippen LogP contribution in [0.15, 0.2) is 142 Å². The molecule has 8 aromatic carbocycles. The molecule has 2 aromatic heterocycles. The van der Waals surface area contributed by atoms with E-state index in [-0.39, 0.29) is 17.8 Å². The van der Waals surface area contributed by atoms with Gasteiger partial charge in [0, 0.05) is 38.2 Å². The maximum Gasteiger partial charge on any atom is 0.208 e. The van der Waals surface area contributed by atoms with E-state index in [4.69, 9.17) is 9.41 Å². The molecule has 0 amide bonds. The zero-order chi connectivity index (χ0) is 40.8. The molecule has 0 fully saturated rings. The summed E-state index contributed by atoms with van der Waals surface area (Å²) in [6.45, 7) is 4.14. The van der Waals surface area contributed by atoms with Crippen molar-refractivity contribution in [3.63, 3.8) is 0 Å². The van der Waals surface area contributed by atoms with Crippen LogP contribution in [0, 0.1) is 0 Å². The second kappa shape index (κ2) is 13.3. The molecule has 11 rings (SSSR count). The molecule has 2 heterocycles. The molecule has 0 atom stereocenters. The minimum Gasteiger partial charge on any atom is -0.504 e. The van der Waals surface area contributed by atoms with Crippen LogP contribution in [0.4, 0.5) is 5.69 Å². The summed E-state index contributed by atoms with van der Waals surface area (Å²) in [6.07, 6.45) is 6.28. The smallest absolute Gasteiger partial charge is 0.208 e. The molecule has 9 nitrogen and oxygen atoms in total. The zero-order valence-corrected chi connectivity index (χ0v) is 32.0. The standard InChI is InChI=1S/C51H35N3O6/c1-52-44-30-14-3-2-11-27(30)21-22-37(44)43(29-13-10-12-28(25-29)40-46(55)48(57)50(59)49(58)47(40)56)53-26-54-38-20-9-8-17-33(38)35-23-24-39-42(45(35)54)41-34-18-6-4-15-31(34)32-16-5-7-19-36(32)51(41)60-39/h2-6,8-18,20-25,55-59H,1,7,19,26H2/b53-43-. The lowest BCUT2D eigenvalue weighted by Gasteiger charge is -2.16. The molecule has 9 heteroatoms. The van der Waals surface area contributed by atoms with Gasteiger partial charge in [0.2, 0.25) is 17.2 Å². The Morgan fingerprint density at radius 1 is 0.667 bits per heavy atom. The van der Waals surface area contributed by atoms with Gasteiger partial charge in [0.15, 0.2) is 11.5 Å². The van der Waals surface area contributed by atoms with Gasteiger partial charge in [-0.15, -0.1) is 0 Å². The summed E-state index contributed by atoms with van der Waals surface area (Å²) in [5.74, 6) is -4.52. The highest BCUT2D eigenvalue weighted by Gasteiger charge is 2.27. The number of aromatic hydroxyl groups is 5. The maximum absolute atomic E-state index is 10.9. The van der Waals surface area contributed by atoms with Gasteiger partial charge in [-0.2, -0.15) is 0 Å². The first-order valence-corrected chi connectivity index (χ1v) is 19.6. The number of phenolic OH excluding ortho intramolecular Hbond substituents is 5. The lowest BCUT2D eigenvalue weighted by Crippen LogP contribution is -2.07. The number of fused-ring (bicyclic) bond motifs is 13. The summed E-state index contributed by atoms with van der Waals surface area (Å²) in [5.41, 5.74) is 8.53. The molecule has 0 aliphatic heterocycles. The highest BCUT2D eigenvalue weighted by atomic mass is 16.4. The molecule has 0 spiro atoms. The highest BCUT2D eigenvalue weighted by molar-refractivity contribution is 6.30. The fraction of sp³-hybridized carbons (Fsp3) is 0.0588. The largest absolute Gasteiger partial charge is 0.504 e. The van der Waals surface area contributed by atoms with Gasteiger partial charge in [0.05, 0.1) is 33.4 Å². The number of rotatable bonds is 6. The highest BCUT2D eigenvalue weighted by Crippen LogP contribution is 2.55. The van der Waals surface area contributed by atoms with E-state index in [1.807, 2.05) is 54.6 Å². The van der Waals surface area contributed by atoms with Crippen LogP contribution in [-0.2, 0) is 13.1 Å². The van der Waals surface area contributed by atoms with Crippen LogP contribution >= 0.6 is 0 Å². The zero-order valence-electron chi connectivity index (χ0n) is 32.0. The first-order chi connectivity index (χ1) is 29.3. The van der Waals surface area contributed by atoms with E-state index in [1.165, 1.54) is 16.5 Å². The Bertz CT molecular complexity index is 3530. The third-order valence-electron chi connectivity index (χ3n) is 12.0. The Morgan fingerprint density at radius 2 is 1.38 bits per heavy atom. The van der Waals surface area contributed by atoms with Gasteiger partial charge in [-0.1, -0.05) is 103 Å². The molecule has 0 bridgehead atoms. The number of aryl methyl sites for hydroxylation is 1. The predicted octanol–water partition coefficient (Wildman–Crippen LogP) is 12.0. The minimum atomic E-state index is -1.03. The Balaban J connectivity index is 1.20. The number of para-hydroxylation sites is 1. The average Bonchev–Trinajstić information content (AvgIpc) is 3.84. The second-order valence-electron chi connectivity index (χ2n) is 15.2. The van der Waals surface area contributed by atoms with Crippen molar-refractivity contribution in [3.05, 3.63) is 150 Å². The van der Waals surface area contributed by atoms with Gasteiger partial charge < -0.3 is 34.5 Å². The summed E-state index contributed by atoms with van der Waals surface area (Å²) in [6, 6.07) is 39.8. The number of furan rings is 1. The molecule has 1 aliphatic carbocycles. The lowest BCUT2D eigenvalue weighted by molar-refractivity contribution is 0.330. The van der Waals surface area contributed by atoms with Crippen molar-refractivity contribution in [1.29, 1.82) is 0 Å². The molecule has 5 N–H and O–H groups in total. The minimum absolute atomic E-state index is 0.168. The number of phenols is 5. The van der Waals surface area contributed by atoms with Gasteiger partial charge in [-0.3, -0.25) is 9.98 Å². The van der Waals surface area contributed by atoms with E-state index < -0.39 is 28.7 Å². The fourth-order valence-corrected chi connectivity index (χ4v) is 9.30. The summed E-state index contributed by atoms with van der Waals surface area (Å²) in [4.78, 5) is 9.98. The molecule has 10 aromatic rings. The lowest BCUT2D eigenvalue weighted by atomic mass is 9.89. The van der Waals surface area contributed by atoms with Crippen molar-refractivity contribution in [1.82, 2.24) is 4.57 Å². The SMILES string of the molecule is C=Nc1c(/C(=N\Cn2c3ccccc3c3ccc4oc5c6c(c7ccccc7c5c4c32)C=CCC6)c2cccc(-c3c(O)c(O)c(O)c(O)c3O)c2)ccc2ccccc12. The molecular weight excluding hydrogens is 751 g/mol. The molecule has 0 unspecified atom stereocenters. The van der Waals surface area contributed by atoms with Crippen LogP contribution in [0.3, 0.4) is 0 Å². The van der Waals surface area contributed by atoms with Crippen molar-refractivity contribution < 1.29 is 29.9 Å². The quantitative estimate of drug-likeness (QED) is 0.0645. The Hall–Kier alpha value is -8.04. The first-order valence-electron chi connectivity index (χ1n) is 19.6. The normalized spacial score (nSPS) is 13.0. The Morgan fingerprint density at radius 3 is 2.18 bits per heavy atom. The van der Waals surface area contributed by atoms with E-state index in [1.54, 1.807) is 18.2 Å². The van der Waals surface area contributed by atoms with E-state index >= 15 is 0 Å². The number of aromatic nitrogens is 1. The van der Waals surface area contributed by atoms with Crippen molar-refractivity contribution in [3.8, 4) is 39.9 Å². The van der Waals surface area contributed by atoms with Gasteiger partial charge in [-0.05, 0) is 77.2 Å². The second-order valence-corrected chi connectivity index (χ2v) is 15.2. The molecule has 0 radical (unpaired) electrons. The van der Waals surface area contributed by atoms with Crippen LogP contribution in [-0.4, -0.2) is 42.5 Å². The summed E-state index contributed by atoms with van der Waals surface area (Å²) in [7, 11) is 0. The maximum atomic E-state index is 10.9. The first kappa shape index (κ1) is 35.1. The van der Waals surface area contributed by atoms with Crippen LogP contribution in [0.5, 0.6) is 28.7 Å². The van der Waals surface area contributed by atoms with Crippen LogP contribution in [0.2, 0.25) is 0 Å². The van der Waals surface area contributed by atoms with E-state index in [0.717, 1.165) is 72.7 Å². The number of aliphatic imine (C=N–C) groups is 2. The Kier molecular flexibility index (Phi) is 7.76. The topological polar surface area (TPSA) is 144 Å². The monoisotopic (exact) mass is 785 g/mol. The number of benzene rings is 8. The molecule has 290 valence electrons. The van der Waals surface area contributed by atoms with Crippen molar-refractivity contribution >= 4 is 89.5 Å². The van der Waals surface area contributed by atoms with Gasteiger partial charge in [0.1, 0.15) is 17.8 Å². The molecular formula is C51H35N3O6. The summed E-state index contributed by atoms with van der Waals surface area (Å²) >= 11 is 0. The third kappa shape index (κ3) is 4.99. The van der Waals surface area contributed by atoms with Crippen molar-refractivity contribution in [2.24, 2.45) is 9.98 Å². The number of nitrogens with zero attached hydrogens (tertiary/aromatic N) is 3. The summed E-state index contributed by atoms with van der Waals surface area (Å²) in [5, 5.41) is 61.3. The number of allylic oxidation sites excluding steroid dienone is 1. The van der Waals surface area contributed by atoms with Crippen LogP contribution < -0.4 is 0 Å².